The zero-order chi connectivity index (χ0) is 16.1. The summed E-state index contributed by atoms with van der Waals surface area (Å²) in [4.78, 5) is 2.26. The maximum atomic E-state index is 6.46. The number of halogens is 4. The molecule has 120 valence electrons. The summed E-state index contributed by atoms with van der Waals surface area (Å²) in [5.41, 5.74) is 2.44. The van der Waals surface area contributed by atoms with Crippen LogP contribution in [-0.4, -0.2) is 0 Å². The highest BCUT2D eigenvalue weighted by Gasteiger charge is 2.32. The summed E-state index contributed by atoms with van der Waals surface area (Å²) >= 11 is 27.1. The summed E-state index contributed by atoms with van der Waals surface area (Å²) in [5, 5.41) is 2.87. The summed E-state index contributed by atoms with van der Waals surface area (Å²) in [6.07, 6.45) is 4.78. The average molecular weight is 404 g/mol. The Hall–Kier alpha value is -0.0500. The van der Waals surface area contributed by atoms with Gasteiger partial charge in [-0.15, -0.1) is 0 Å². The quantitative estimate of drug-likeness (QED) is 0.495. The van der Waals surface area contributed by atoms with Gasteiger partial charge in [0.05, 0.1) is 0 Å². The van der Waals surface area contributed by atoms with Crippen molar-refractivity contribution in [3.8, 4) is 0 Å². The molecule has 0 bridgehead atoms. The Kier molecular flexibility index (Phi) is 4.53. The molecule has 2 aliphatic carbocycles. The van der Waals surface area contributed by atoms with Gasteiger partial charge in [0, 0.05) is 29.9 Å². The normalized spacial score (nSPS) is 17.6. The predicted molar refractivity (Wildman–Crippen MR) is 101 cm³/mol. The lowest BCUT2D eigenvalue weighted by molar-refractivity contribution is 1.05. The van der Waals surface area contributed by atoms with Gasteiger partial charge < -0.3 is 0 Å². The lowest BCUT2D eigenvalue weighted by atomic mass is 10.1. The van der Waals surface area contributed by atoms with Crippen molar-refractivity contribution < 1.29 is 0 Å². The highest BCUT2D eigenvalue weighted by Crippen LogP contribution is 2.53. The molecule has 0 unspecified atom stereocenters. The number of hydrogen-bond acceptors (Lipinski definition) is 1. The molecule has 0 radical (unpaired) electrons. The van der Waals surface area contributed by atoms with Crippen LogP contribution in [0, 0.1) is 0 Å². The van der Waals surface area contributed by atoms with E-state index in [0.717, 1.165) is 19.8 Å². The van der Waals surface area contributed by atoms with Gasteiger partial charge in [-0.05, 0) is 72.9 Å². The van der Waals surface area contributed by atoms with Crippen LogP contribution in [0.4, 0.5) is 0 Å². The van der Waals surface area contributed by atoms with Crippen molar-refractivity contribution in [3.05, 3.63) is 55.5 Å². The summed E-state index contributed by atoms with van der Waals surface area (Å²) in [7, 11) is 0. The fraction of sp³-hybridized carbons (Fsp3) is 0.333. The molecule has 2 aromatic carbocycles. The molecule has 2 aliphatic rings. The van der Waals surface area contributed by atoms with Gasteiger partial charge in [0.1, 0.15) is 0 Å². The summed E-state index contributed by atoms with van der Waals surface area (Å²) < 4.78 is 0. The molecule has 2 fully saturated rings. The van der Waals surface area contributed by atoms with Crippen molar-refractivity contribution in [2.24, 2.45) is 0 Å². The lowest BCUT2D eigenvalue weighted by Gasteiger charge is -2.15. The van der Waals surface area contributed by atoms with Crippen molar-refractivity contribution >= 4 is 58.2 Å². The molecule has 23 heavy (non-hydrogen) atoms. The van der Waals surface area contributed by atoms with Gasteiger partial charge in [-0.25, -0.2) is 0 Å². The van der Waals surface area contributed by atoms with E-state index >= 15 is 0 Å². The topological polar surface area (TPSA) is 0 Å². The van der Waals surface area contributed by atoms with Gasteiger partial charge in [0.15, 0.2) is 0 Å². The first kappa shape index (κ1) is 16.4. The third-order valence-electron chi connectivity index (χ3n) is 4.30. The maximum absolute atomic E-state index is 6.46. The minimum Gasteiger partial charge on any atom is -0.0893 e. The molecule has 0 nitrogen and oxygen atoms in total. The molecule has 2 saturated carbocycles. The van der Waals surface area contributed by atoms with Gasteiger partial charge in [-0.3, -0.25) is 0 Å². The van der Waals surface area contributed by atoms with Crippen LogP contribution in [-0.2, 0) is 0 Å². The van der Waals surface area contributed by atoms with Gasteiger partial charge in [-0.1, -0.05) is 58.2 Å². The largest absolute Gasteiger partial charge is 0.0893 e. The van der Waals surface area contributed by atoms with E-state index in [1.165, 1.54) is 36.8 Å². The van der Waals surface area contributed by atoms with Crippen LogP contribution in [0.15, 0.2) is 34.1 Å². The minimum absolute atomic E-state index is 0.557. The van der Waals surface area contributed by atoms with E-state index in [0.29, 0.717) is 21.9 Å². The Morgan fingerprint density at radius 2 is 1.04 bits per heavy atom. The smallest absolute Gasteiger partial charge is 0.0466 e. The number of rotatable bonds is 4. The van der Waals surface area contributed by atoms with Crippen molar-refractivity contribution in [2.45, 2.75) is 47.3 Å². The molecular formula is C18H14Cl4S. The summed E-state index contributed by atoms with van der Waals surface area (Å²) in [5.74, 6) is 1.11. The third kappa shape index (κ3) is 3.50. The molecule has 0 saturated heterocycles. The van der Waals surface area contributed by atoms with E-state index in [9.17, 15) is 0 Å². The second-order valence-electron chi connectivity index (χ2n) is 6.25. The average Bonchev–Trinajstić information content (AvgIpc) is 3.31. The van der Waals surface area contributed by atoms with Crippen LogP contribution < -0.4 is 0 Å². The van der Waals surface area contributed by atoms with Crippen molar-refractivity contribution in [3.63, 3.8) is 0 Å². The van der Waals surface area contributed by atoms with E-state index in [4.69, 9.17) is 46.4 Å². The van der Waals surface area contributed by atoms with Gasteiger partial charge >= 0.3 is 0 Å². The minimum atomic E-state index is 0.557. The zero-order valence-corrected chi connectivity index (χ0v) is 16.1. The Balaban J connectivity index is 1.79. The number of benzene rings is 2. The first-order chi connectivity index (χ1) is 11.0. The standard InChI is InChI=1S/C18H14Cl4S/c19-11-5-13(21)17(9-1-2-9)15(7-11)23-16-8-12(20)6-14(22)18(16)10-3-4-10/h5-10H,1-4H2. The fourth-order valence-electron chi connectivity index (χ4n) is 2.95. The Morgan fingerprint density at radius 3 is 1.39 bits per heavy atom. The first-order valence-electron chi connectivity index (χ1n) is 7.68. The second-order valence-corrected chi connectivity index (χ2v) is 9.02. The van der Waals surface area contributed by atoms with Crippen LogP contribution in [0.25, 0.3) is 0 Å². The molecular weight excluding hydrogens is 390 g/mol. The highest BCUT2D eigenvalue weighted by atomic mass is 35.5. The third-order valence-corrected chi connectivity index (χ3v) is 6.48. The molecule has 0 N–H and O–H groups in total. The maximum Gasteiger partial charge on any atom is 0.0466 e. The molecule has 0 heterocycles. The Labute approximate surface area is 160 Å². The summed E-state index contributed by atoms with van der Waals surface area (Å²) in [6, 6.07) is 7.70. The van der Waals surface area contributed by atoms with Crippen LogP contribution >= 0.6 is 58.2 Å². The van der Waals surface area contributed by atoms with Crippen molar-refractivity contribution in [2.75, 3.05) is 0 Å². The van der Waals surface area contributed by atoms with Crippen LogP contribution in [0.5, 0.6) is 0 Å². The van der Waals surface area contributed by atoms with E-state index in [1.54, 1.807) is 11.8 Å². The summed E-state index contributed by atoms with van der Waals surface area (Å²) in [6.45, 7) is 0. The Bertz CT molecular complexity index is 714. The second kappa shape index (κ2) is 6.35. The van der Waals surface area contributed by atoms with Crippen LogP contribution in [0.1, 0.15) is 48.6 Å². The van der Waals surface area contributed by atoms with E-state index in [-0.39, 0.29) is 0 Å². The molecule has 0 aliphatic heterocycles. The lowest BCUT2D eigenvalue weighted by Crippen LogP contribution is -1.91. The van der Waals surface area contributed by atoms with Crippen molar-refractivity contribution in [1.82, 2.24) is 0 Å². The van der Waals surface area contributed by atoms with Gasteiger partial charge in [0.2, 0.25) is 0 Å². The van der Waals surface area contributed by atoms with Crippen LogP contribution in [0.3, 0.4) is 0 Å². The molecule has 5 heteroatoms. The van der Waals surface area contributed by atoms with E-state index in [2.05, 4.69) is 0 Å². The van der Waals surface area contributed by atoms with Gasteiger partial charge in [-0.2, -0.15) is 0 Å². The SMILES string of the molecule is Clc1cc(Cl)c(C2CC2)c(Sc2cc(Cl)cc(Cl)c2C2CC2)c1. The van der Waals surface area contributed by atoms with E-state index < -0.39 is 0 Å². The van der Waals surface area contributed by atoms with E-state index in [1.807, 2.05) is 24.3 Å². The zero-order valence-electron chi connectivity index (χ0n) is 12.2. The predicted octanol–water partition coefficient (Wildman–Crippen LogP) is 8.21. The Morgan fingerprint density at radius 1 is 0.652 bits per heavy atom. The first-order valence-corrected chi connectivity index (χ1v) is 10.0. The van der Waals surface area contributed by atoms with Crippen LogP contribution in [0.2, 0.25) is 20.1 Å². The fourth-order valence-corrected chi connectivity index (χ4v) is 5.86. The molecule has 0 spiro atoms. The highest BCUT2D eigenvalue weighted by molar-refractivity contribution is 7.99. The molecule has 0 atom stereocenters. The molecule has 2 aromatic rings. The van der Waals surface area contributed by atoms with Gasteiger partial charge in [0.25, 0.3) is 0 Å². The monoisotopic (exact) mass is 402 g/mol. The molecule has 0 amide bonds. The van der Waals surface area contributed by atoms with Crippen molar-refractivity contribution in [1.29, 1.82) is 0 Å². The molecule has 4 rings (SSSR count). The number of hydrogen-bond donors (Lipinski definition) is 0. The molecule has 0 aromatic heterocycles.